The van der Waals surface area contributed by atoms with E-state index in [1.807, 2.05) is 51.7 Å². The highest BCUT2D eigenvalue weighted by Crippen LogP contribution is 2.44. The number of fused-ring (bicyclic) bond motifs is 2. The summed E-state index contributed by atoms with van der Waals surface area (Å²) in [4.78, 5) is 28.9. The van der Waals surface area contributed by atoms with Crippen molar-refractivity contribution in [1.29, 1.82) is 0 Å². The van der Waals surface area contributed by atoms with Gasteiger partial charge in [-0.1, -0.05) is 35.9 Å². The zero-order chi connectivity index (χ0) is 28.8. The number of amides is 1. The van der Waals surface area contributed by atoms with Crippen molar-refractivity contribution in [1.82, 2.24) is 4.90 Å². The first-order valence-electron chi connectivity index (χ1n) is 13.7. The molecule has 0 radical (unpaired) electrons. The van der Waals surface area contributed by atoms with Crippen molar-refractivity contribution in [3.05, 3.63) is 81.4 Å². The summed E-state index contributed by atoms with van der Waals surface area (Å²) in [7, 11) is 1.38. The van der Waals surface area contributed by atoms with E-state index >= 15 is 0 Å². The minimum atomic E-state index is -0.929. The third kappa shape index (κ3) is 5.06. The van der Waals surface area contributed by atoms with E-state index in [9.17, 15) is 9.59 Å². The van der Waals surface area contributed by atoms with E-state index in [2.05, 4.69) is 31.2 Å². The van der Waals surface area contributed by atoms with Crippen LogP contribution in [0.15, 0.2) is 42.5 Å². The molecule has 0 fully saturated rings. The van der Waals surface area contributed by atoms with Crippen LogP contribution in [0.25, 0.3) is 11.1 Å². The number of methoxy groups -OCH3 is 1. The Morgan fingerprint density at radius 3 is 2.20 bits per heavy atom. The maximum absolute atomic E-state index is 13.9. The molecule has 2 aliphatic rings. The zero-order valence-electron chi connectivity index (χ0n) is 24.3. The van der Waals surface area contributed by atoms with Crippen molar-refractivity contribution in [3.8, 4) is 22.6 Å². The minimum Gasteiger partial charge on any atom is -0.486 e. The number of aryl methyl sites for hydroxylation is 1. The maximum Gasteiger partial charge on any atom is 0.339 e. The van der Waals surface area contributed by atoms with Gasteiger partial charge in [0.05, 0.1) is 18.3 Å². The molecule has 0 aromatic heterocycles. The Kier molecular flexibility index (Phi) is 7.36. The monoisotopic (exact) mass is 543 g/mol. The summed E-state index contributed by atoms with van der Waals surface area (Å²) in [5.74, 6) is 0.509. The number of esters is 1. The van der Waals surface area contributed by atoms with E-state index in [1.165, 1.54) is 7.11 Å². The summed E-state index contributed by atoms with van der Waals surface area (Å²) in [5.41, 5.74) is 7.83. The molecule has 0 bridgehead atoms. The van der Waals surface area contributed by atoms with Crippen LogP contribution < -0.4 is 9.47 Å². The summed E-state index contributed by atoms with van der Waals surface area (Å²) in [6.07, 6.45) is -0.929. The predicted molar refractivity (Wildman–Crippen MR) is 153 cm³/mol. The first kappa shape index (κ1) is 27.7. The third-order valence-corrected chi connectivity index (χ3v) is 7.59. The molecular weight excluding hydrogens is 506 g/mol. The van der Waals surface area contributed by atoms with E-state index in [0.717, 1.165) is 44.5 Å². The van der Waals surface area contributed by atoms with Crippen molar-refractivity contribution in [2.75, 3.05) is 20.3 Å². The van der Waals surface area contributed by atoms with Crippen molar-refractivity contribution >= 4 is 11.9 Å². The van der Waals surface area contributed by atoms with Crippen LogP contribution in [-0.2, 0) is 27.4 Å². The van der Waals surface area contributed by atoms with Gasteiger partial charge in [0.1, 0.15) is 13.2 Å². The Morgan fingerprint density at radius 2 is 1.55 bits per heavy atom. The lowest BCUT2D eigenvalue weighted by Crippen LogP contribution is -2.29. The van der Waals surface area contributed by atoms with E-state index < -0.39 is 17.7 Å². The summed E-state index contributed by atoms with van der Waals surface area (Å²) < 4.78 is 23.2. The van der Waals surface area contributed by atoms with Gasteiger partial charge in [-0.2, -0.15) is 0 Å². The minimum absolute atomic E-state index is 0.119. The standard InChI is InChI=1S/C33H37NO6/c1-19-11-13-22(14-12-19)27-20(2)24-17-34(31(35)23-9-8-10-26-29(23)39-16-15-38-26)18-25(24)21(3)28(27)30(32(36)37-7)40-33(4,5)6/h8-14,30H,15-18H2,1-7H3. The highest BCUT2D eigenvalue weighted by molar-refractivity contribution is 5.98. The number of carbonyl (C=O) groups excluding carboxylic acids is 2. The average Bonchev–Trinajstić information content (AvgIpc) is 3.39. The lowest BCUT2D eigenvalue weighted by Gasteiger charge is -2.30. The number of rotatable bonds is 5. The molecule has 0 aliphatic carbocycles. The third-order valence-electron chi connectivity index (χ3n) is 7.59. The Hall–Kier alpha value is -3.84. The van der Waals surface area contributed by atoms with Gasteiger partial charge in [-0.15, -0.1) is 0 Å². The first-order chi connectivity index (χ1) is 19.0. The van der Waals surface area contributed by atoms with Crippen molar-refractivity contribution in [2.45, 2.75) is 66.3 Å². The highest BCUT2D eigenvalue weighted by Gasteiger charge is 2.37. The Balaban J connectivity index is 1.65. The maximum atomic E-state index is 13.9. The van der Waals surface area contributed by atoms with Gasteiger partial charge in [0.2, 0.25) is 0 Å². The number of carbonyl (C=O) groups is 2. The SMILES string of the molecule is COC(=O)C(OC(C)(C)C)c1c(C)c2c(c(C)c1-c1ccc(C)cc1)CN(C(=O)c1cccc3c1OCCO3)C2. The van der Waals surface area contributed by atoms with Gasteiger partial charge in [0, 0.05) is 18.7 Å². The quantitative estimate of drug-likeness (QED) is 0.355. The van der Waals surface area contributed by atoms with Crippen LogP contribution in [0.3, 0.4) is 0 Å². The van der Waals surface area contributed by atoms with Crippen molar-refractivity contribution < 1.29 is 28.5 Å². The van der Waals surface area contributed by atoms with Crippen molar-refractivity contribution in [3.63, 3.8) is 0 Å². The largest absolute Gasteiger partial charge is 0.486 e. The fourth-order valence-corrected chi connectivity index (χ4v) is 5.68. The Bertz CT molecular complexity index is 1470. The second kappa shape index (κ2) is 10.6. The van der Waals surface area contributed by atoms with Crippen LogP contribution in [0.5, 0.6) is 11.5 Å². The van der Waals surface area contributed by atoms with Gasteiger partial charge in [-0.25, -0.2) is 4.79 Å². The molecule has 3 aromatic rings. The van der Waals surface area contributed by atoms with E-state index in [-0.39, 0.29) is 5.91 Å². The number of para-hydroxylation sites is 1. The lowest BCUT2D eigenvalue weighted by molar-refractivity contribution is -0.164. The average molecular weight is 544 g/mol. The number of nitrogens with zero attached hydrogens (tertiary/aromatic N) is 1. The van der Waals surface area contributed by atoms with Gasteiger partial charge in [0.15, 0.2) is 17.6 Å². The Morgan fingerprint density at radius 1 is 0.900 bits per heavy atom. The molecule has 1 atom stereocenters. The van der Waals surface area contributed by atoms with Crippen molar-refractivity contribution in [2.24, 2.45) is 0 Å². The molecule has 2 aliphatic heterocycles. The predicted octanol–water partition coefficient (Wildman–Crippen LogP) is 6.24. The normalized spacial score (nSPS) is 15.0. The summed E-state index contributed by atoms with van der Waals surface area (Å²) in [6, 6.07) is 13.7. The first-order valence-corrected chi connectivity index (χ1v) is 13.7. The number of hydrogen-bond donors (Lipinski definition) is 0. The van der Waals surface area contributed by atoms with Crippen LogP contribution in [0, 0.1) is 20.8 Å². The number of hydrogen-bond acceptors (Lipinski definition) is 6. The summed E-state index contributed by atoms with van der Waals surface area (Å²) in [5, 5.41) is 0. The van der Waals surface area contributed by atoms with Gasteiger partial charge in [-0.3, -0.25) is 4.79 Å². The van der Waals surface area contributed by atoms with Gasteiger partial charge < -0.3 is 23.8 Å². The van der Waals surface area contributed by atoms with E-state index in [0.29, 0.717) is 43.4 Å². The van der Waals surface area contributed by atoms with Crippen LogP contribution in [-0.4, -0.2) is 42.7 Å². The smallest absolute Gasteiger partial charge is 0.339 e. The molecule has 1 unspecified atom stereocenters. The number of ether oxygens (including phenoxy) is 4. The fraction of sp³-hybridized carbons (Fsp3) is 0.394. The molecule has 7 heteroatoms. The van der Waals surface area contributed by atoms with E-state index in [4.69, 9.17) is 18.9 Å². The molecule has 1 amide bonds. The molecule has 40 heavy (non-hydrogen) atoms. The fourth-order valence-electron chi connectivity index (χ4n) is 5.68. The van der Waals surface area contributed by atoms with Crippen LogP contribution in [0.4, 0.5) is 0 Å². The van der Waals surface area contributed by atoms with Crippen LogP contribution in [0.2, 0.25) is 0 Å². The molecule has 0 saturated carbocycles. The second-order valence-corrected chi connectivity index (χ2v) is 11.5. The molecule has 5 rings (SSSR count). The highest BCUT2D eigenvalue weighted by atomic mass is 16.6. The van der Waals surface area contributed by atoms with E-state index in [1.54, 1.807) is 6.07 Å². The second-order valence-electron chi connectivity index (χ2n) is 11.5. The molecule has 7 nitrogen and oxygen atoms in total. The summed E-state index contributed by atoms with van der Waals surface area (Å²) in [6.45, 7) is 13.6. The molecule has 210 valence electrons. The Labute approximate surface area is 236 Å². The summed E-state index contributed by atoms with van der Waals surface area (Å²) >= 11 is 0. The van der Waals surface area contributed by atoms with Crippen LogP contribution >= 0.6 is 0 Å². The van der Waals surface area contributed by atoms with Crippen LogP contribution in [0.1, 0.15) is 70.6 Å². The molecule has 2 heterocycles. The van der Waals surface area contributed by atoms with Gasteiger partial charge in [0.25, 0.3) is 5.91 Å². The topological polar surface area (TPSA) is 74.3 Å². The number of benzene rings is 3. The van der Waals surface area contributed by atoms with Gasteiger partial charge in [-0.05, 0) is 87.1 Å². The lowest BCUT2D eigenvalue weighted by atomic mass is 9.83. The molecular formula is C33H37NO6. The molecule has 0 saturated heterocycles. The molecule has 3 aromatic carbocycles. The zero-order valence-corrected chi connectivity index (χ0v) is 24.3. The molecule has 0 N–H and O–H groups in total. The van der Waals surface area contributed by atoms with Gasteiger partial charge >= 0.3 is 5.97 Å². The molecule has 0 spiro atoms.